The fourth-order valence-electron chi connectivity index (χ4n) is 2.89. The number of ether oxygens (including phenoxy) is 2. The standard InChI is InChI=1S/C23H21NO5S/c1-4-28-23(27)18-13-20(16-9-6-5-7-10-16)30-22(18)24-21(26)17-11-8-12-19(14(17)2)29-15(3)25/h5-13H,4H2,1-3H3,(H,24,26). The Balaban J connectivity index is 1.95. The molecule has 1 N–H and O–H groups in total. The van der Waals surface area contributed by atoms with Gasteiger partial charge in [0.15, 0.2) is 0 Å². The molecule has 0 saturated heterocycles. The molecule has 1 aromatic heterocycles. The zero-order chi connectivity index (χ0) is 21.7. The van der Waals surface area contributed by atoms with E-state index in [4.69, 9.17) is 9.47 Å². The van der Waals surface area contributed by atoms with Crippen molar-refractivity contribution in [2.45, 2.75) is 20.8 Å². The first-order valence-electron chi connectivity index (χ1n) is 9.36. The smallest absolute Gasteiger partial charge is 0.341 e. The summed E-state index contributed by atoms with van der Waals surface area (Å²) in [7, 11) is 0. The van der Waals surface area contributed by atoms with Gasteiger partial charge in [0.05, 0.1) is 12.2 Å². The van der Waals surface area contributed by atoms with Crippen LogP contribution < -0.4 is 10.1 Å². The highest BCUT2D eigenvalue weighted by molar-refractivity contribution is 7.20. The van der Waals surface area contributed by atoms with Gasteiger partial charge in [0.25, 0.3) is 5.91 Å². The number of rotatable bonds is 6. The second kappa shape index (κ2) is 9.37. The third kappa shape index (κ3) is 4.75. The monoisotopic (exact) mass is 423 g/mol. The zero-order valence-electron chi connectivity index (χ0n) is 16.9. The minimum Gasteiger partial charge on any atom is -0.462 e. The fourth-order valence-corrected chi connectivity index (χ4v) is 3.93. The van der Waals surface area contributed by atoms with E-state index in [9.17, 15) is 14.4 Å². The molecule has 0 aliphatic rings. The molecule has 3 rings (SSSR count). The van der Waals surface area contributed by atoms with Crippen LogP contribution in [0, 0.1) is 6.92 Å². The average molecular weight is 423 g/mol. The number of carbonyl (C=O) groups excluding carboxylic acids is 3. The first-order valence-corrected chi connectivity index (χ1v) is 10.2. The summed E-state index contributed by atoms with van der Waals surface area (Å²) >= 11 is 1.29. The van der Waals surface area contributed by atoms with Crippen LogP contribution in [0.4, 0.5) is 5.00 Å². The maximum absolute atomic E-state index is 13.0. The SMILES string of the molecule is CCOC(=O)c1cc(-c2ccccc2)sc1NC(=O)c1cccc(OC(C)=O)c1C. The summed E-state index contributed by atoms with van der Waals surface area (Å²) in [5.74, 6) is -1.06. The van der Waals surface area contributed by atoms with Gasteiger partial charge >= 0.3 is 11.9 Å². The molecule has 0 radical (unpaired) electrons. The molecule has 1 amide bonds. The van der Waals surface area contributed by atoms with Crippen molar-refractivity contribution in [1.82, 2.24) is 0 Å². The molecular formula is C23H21NO5S. The Kier molecular flexibility index (Phi) is 6.64. The first-order chi connectivity index (χ1) is 14.4. The highest BCUT2D eigenvalue weighted by atomic mass is 32.1. The summed E-state index contributed by atoms with van der Waals surface area (Å²) in [4.78, 5) is 37.5. The Morgan fingerprint density at radius 3 is 2.40 bits per heavy atom. The Morgan fingerprint density at radius 2 is 1.73 bits per heavy atom. The molecule has 6 nitrogen and oxygen atoms in total. The van der Waals surface area contributed by atoms with Gasteiger partial charge in [0.2, 0.25) is 0 Å². The lowest BCUT2D eigenvalue weighted by Gasteiger charge is -2.11. The van der Waals surface area contributed by atoms with Crippen LogP contribution in [0.5, 0.6) is 5.75 Å². The zero-order valence-corrected chi connectivity index (χ0v) is 17.7. The molecule has 0 bridgehead atoms. The molecule has 0 saturated carbocycles. The lowest BCUT2D eigenvalue weighted by molar-refractivity contribution is -0.131. The number of anilines is 1. The van der Waals surface area contributed by atoms with Gasteiger partial charge in [-0.05, 0) is 37.6 Å². The van der Waals surface area contributed by atoms with Gasteiger partial charge in [-0.1, -0.05) is 36.4 Å². The van der Waals surface area contributed by atoms with Crippen molar-refractivity contribution in [2.24, 2.45) is 0 Å². The molecule has 0 aliphatic carbocycles. The van der Waals surface area contributed by atoms with Gasteiger partial charge in [-0.3, -0.25) is 9.59 Å². The normalized spacial score (nSPS) is 10.4. The molecule has 0 atom stereocenters. The Hall–Kier alpha value is -3.45. The highest BCUT2D eigenvalue weighted by Gasteiger charge is 2.21. The summed E-state index contributed by atoms with van der Waals surface area (Å²) in [6.45, 7) is 4.95. The molecule has 2 aromatic carbocycles. The van der Waals surface area contributed by atoms with Crippen molar-refractivity contribution in [2.75, 3.05) is 11.9 Å². The predicted octanol–water partition coefficient (Wildman–Crippen LogP) is 5.08. The fraction of sp³-hybridized carbons (Fsp3) is 0.174. The second-order valence-corrected chi connectivity index (χ2v) is 7.47. The minimum atomic E-state index is -0.503. The van der Waals surface area contributed by atoms with Crippen LogP contribution in [0.2, 0.25) is 0 Å². The van der Waals surface area contributed by atoms with Gasteiger partial charge < -0.3 is 14.8 Å². The Bertz CT molecular complexity index is 1090. The van der Waals surface area contributed by atoms with E-state index in [2.05, 4.69) is 5.32 Å². The molecule has 0 unspecified atom stereocenters. The van der Waals surface area contributed by atoms with E-state index in [0.717, 1.165) is 10.4 Å². The number of hydrogen-bond acceptors (Lipinski definition) is 6. The van der Waals surface area contributed by atoms with Crippen molar-refractivity contribution in [3.63, 3.8) is 0 Å². The maximum Gasteiger partial charge on any atom is 0.341 e. The molecule has 0 spiro atoms. The van der Waals surface area contributed by atoms with E-state index in [1.54, 1.807) is 38.1 Å². The Labute approximate surface area is 178 Å². The minimum absolute atomic E-state index is 0.228. The van der Waals surface area contributed by atoms with Crippen LogP contribution in [0.3, 0.4) is 0 Å². The van der Waals surface area contributed by atoms with E-state index in [-0.39, 0.29) is 6.61 Å². The third-order valence-electron chi connectivity index (χ3n) is 4.30. The van der Waals surface area contributed by atoms with Crippen LogP contribution in [-0.4, -0.2) is 24.5 Å². The lowest BCUT2D eigenvalue weighted by atomic mass is 10.1. The number of thiophene rings is 1. The average Bonchev–Trinajstić information content (AvgIpc) is 3.14. The van der Waals surface area contributed by atoms with Crippen LogP contribution in [0.25, 0.3) is 10.4 Å². The van der Waals surface area contributed by atoms with E-state index in [1.807, 2.05) is 30.3 Å². The third-order valence-corrected chi connectivity index (χ3v) is 5.39. The summed E-state index contributed by atoms with van der Waals surface area (Å²) in [6.07, 6.45) is 0. The topological polar surface area (TPSA) is 81.7 Å². The van der Waals surface area contributed by atoms with Gasteiger partial charge in [-0.25, -0.2) is 4.79 Å². The van der Waals surface area contributed by atoms with Gasteiger partial charge in [-0.2, -0.15) is 0 Å². The molecule has 30 heavy (non-hydrogen) atoms. The number of hydrogen-bond donors (Lipinski definition) is 1. The van der Waals surface area contributed by atoms with Crippen molar-refractivity contribution in [3.8, 4) is 16.2 Å². The number of carbonyl (C=O) groups is 3. The lowest BCUT2D eigenvalue weighted by Crippen LogP contribution is -2.16. The van der Waals surface area contributed by atoms with Crippen molar-refractivity contribution in [3.05, 3.63) is 71.3 Å². The summed E-state index contributed by atoms with van der Waals surface area (Å²) in [6, 6.07) is 16.2. The van der Waals surface area contributed by atoms with Crippen LogP contribution in [0.15, 0.2) is 54.6 Å². The van der Waals surface area contributed by atoms with E-state index in [0.29, 0.717) is 27.4 Å². The first kappa shape index (κ1) is 21.3. The summed E-state index contributed by atoms with van der Waals surface area (Å²) < 4.78 is 10.3. The molecule has 0 aliphatic heterocycles. The van der Waals surface area contributed by atoms with Crippen molar-refractivity contribution in [1.29, 1.82) is 0 Å². The molecule has 154 valence electrons. The van der Waals surface area contributed by atoms with Crippen molar-refractivity contribution < 1.29 is 23.9 Å². The van der Waals surface area contributed by atoms with E-state index in [1.165, 1.54) is 18.3 Å². The number of amides is 1. The second-order valence-electron chi connectivity index (χ2n) is 6.42. The summed E-state index contributed by atoms with van der Waals surface area (Å²) in [5, 5.41) is 3.21. The largest absolute Gasteiger partial charge is 0.462 e. The number of benzene rings is 2. The van der Waals surface area contributed by atoms with Crippen LogP contribution >= 0.6 is 11.3 Å². The van der Waals surface area contributed by atoms with Gasteiger partial charge in [-0.15, -0.1) is 11.3 Å². The van der Waals surface area contributed by atoms with Gasteiger partial charge in [0, 0.05) is 22.9 Å². The quantitative estimate of drug-likeness (QED) is 0.442. The van der Waals surface area contributed by atoms with Crippen molar-refractivity contribution >= 4 is 34.2 Å². The highest BCUT2D eigenvalue weighted by Crippen LogP contribution is 2.36. The summed E-state index contributed by atoms with van der Waals surface area (Å²) in [5.41, 5.74) is 2.10. The van der Waals surface area contributed by atoms with Gasteiger partial charge in [0.1, 0.15) is 10.8 Å². The molecular weight excluding hydrogens is 402 g/mol. The Morgan fingerprint density at radius 1 is 1.00 bits per heavy atom. The maximum atomic E-state index is 13.0. The van der Waals surface area contributed by atoms with Crippen LogP contribution in [0.1, 0.15) is 40.1 Å². The number of nitrogens with one attached hydrogen (secondary N) is 1. The van der Waals surface area contributed by atoms with E-state index >= 15 is 0 Å². The van der Waals surface area contributed by atoms with Crippen LogP contribution in [-0.2, 0) is 9.53 Å². The molecule has 0 fully saturated rings. The molecule has 1 heterocycles. The number of esters is 2. The molecule has 3 aromatic rings. The van der Waals surface area contributed by atoms with E-state index < -0.39 is 17.8 Å². The predicted molar refractivity (Wildman–Crippen MR) is 116 cm³/mol. The molecule has 7 heteroatoms.